The molecule has 4 fully saturated rings. The number of amides is 3. The molecule has 0 aromatic carbocycles. The molecule has 246 valence electrons. The molecule has 2 aliphatic carbocycles. The lowest BCUT2D eigenvalue weighted by atomic mass is 9.86. The number of rotatable bonds is 4. The lowest BCUT2D eigenvalue weighted by Crippen LogP contribution is -2.56. The Morgan fingerprint density at radius 2 is 1.91 bits per heavy atom. The summed E-state index contributed by atoms with van der Waals surface area (Å²) in [6.07, 6.45) is 8.76. The van der Waals surface area contributed by atoms with E-state index in [-0.39, 0.29) is 43.4 Å². The minimum absolute atomic E-state index is 0.0748. The maximum Gasteiger partial charge on any atom is 0.408 e. The van der Waals surface area contributed by atoms with Crippen LogP contribution in [0.2, 0.25) is 0 Å². The summed E-state index contributed by atoms with van der Waals surface area (Å²) in [5, 5.41) is 17.3. The number of alkyl carbamates (subject to hydrolysis) is 1. The number of alkyl halides is 1. The molecule has 0 aromatic rings. The smallest absolute Gasteiger partial charge is 0.408 e. The van der Waals surface area contributed by atoms with E-state index in [1.54, 1.807) is 25.9 Å². The Morgan fingerprint density at radius 1 is 1.11 bits per heavy atom. The van der Waals surface area contributed by atoms with Crippen LogP contribution in [0.1, 0.15) is 91.4 Å². The van der Waals surface area contributed by atoms with Gasteiger partial charge in [-0.05, 0) is 78.1 Å². The molecule has 3 aliphatic heterocycles. The molecule has 14 heteroatoms. The minimum Gasteiger partial charge on any atom is -0.479 e. The summed E-state index contributed by atoms with van der Waals surface area (Å²) in [7, 11) is 0. The normalized spacial score (nSPS) is 38.0. The first-order valence-electron chi connectivity index (χ1n) is 16.1. The van der Waals surface area contributed by atoms with Crippen LogP contribution in [0.5, 0.6) is 0 Å². The van der Waals surface area contributed by atoms with Crippen LogP contribution >= 0.6 is 0 Å². The van der Waals surface area contributed by atoms with Crippen LogP contribution in [0.15, 0.2) is 12.2 Å². The van der Waals surface area contributed by atoms with E-state index in [1.807, 2.05) is 12.2 Å². The topological polar surface area (TPSA) is 164 Å². The van der Waals surface area contributed by atoms with Gasteiger partial charge in [-0.25, -0.2) is 24.8 Å². The summed E-state index contributed by atoms with van der Waals surface area (Å²) in [5.74, 6) is -2.31. The van der Waals surface area contributed by atoms with Gasteiger partial charge in [-0.3, -0.25) is 9.59 Å². The van der Waals surface area contributed by atoms with Crippen LogP contribution in [-0.4, -0.2) is 87.1 Å². The highest BCUT2D eigenvalue weighted by Gasteiger charge is 2.61. The van der Waals surface area contributed by atoms with Crippen molar-refractivity contribution in [2.75, 3.05) is 6.54 Å². The standard InChI is InChI=1S/C30H48FN7O6/c1-29(2,3)44-28(43)32-22-13-8-6-4-5-7-11-19-16-30(19,27(41)42)33-25(39)23-15-21(17-37(23)26(22)40)38-35-24(34-36-38)18-10-9-12-20(31)14-18/h7,11,18-24,34-36H,4-6,8-10,12-17H2,1-3H3,(H,32,43)(H,33,39)(H,41,42)/b11-7-/t18?,19-,20?,21+,22-,23+,24?,30+/m1/s1. The Hall–Kier alpha value is -2.81. The van der Waals surface area contributed by atoms with Crippen molar-refractivity contribution in [3.05, 3.63) is 12.2 Å². The molecule has 3 unspecified atom stereocenters. The van der Waals surface area contributed by atoms with E-state index in [0.29, 0.717) is 25.7 Å². The second kappa shape index (κ2) is 13.3. The average molecular weight is 622 g/mol. The molecule has 5 aliphatic rings. The molecular weight excluding hydrogens is 573 g/mol. The van der Waals surface area contributed by atoms with Crippen molar-refractivity contribution in [1.29, 1.82) is 0 Å². The van der Waals surface area contributed by atoms with Crippen molar-refractivity contribution >= 4 is 23.9 Å². The molecule has 6 N–H and O–H groups in total. The molecule has 0 aromatic heterocycles. The number of fused-ring (bicyclic) bond motifs is 2. The van der Waals surface area contributed by atoms with Gasteiger partial charge in [-0.15, -0.1) is 0 Å². The number of ether oxygens (including phenoxy) is 1. The van der Waals surface area contributed by atoms with Crippen molar-refractivity contribution in [3.63, 3.8) is 0 Å². The monoisotopic (exact) mass is 621 g/mol. The van der Waals surface area contributed by atoms with E-state index in [4.69, 9.17) is 4.74 Å². The number of nitrogens with zero attached hydrogens (tertiary/aromatic N) is 2. The number of carbonyl (C=O) groups excluding carboxylic acids is 3. The van der Waals surface area contributed by atoms with Gasteiger partial charge in [0.1, 0.15) is 29.4 Å². The quantitative estimate of drug-likeness (QED) is 0.256. The molecule has 13 nitrogen and oxygen atoms in total. The van der Waals surface area contributed by atoms with Gasteiger partial charge in [0, 0.05) is 12.5 Å². The number of allylic oxidation sites excluding steroid dienone is 1. The number of hydrogen-bond donors (Lipinski definition) is 6. The van der Waals surface area contributed by atoms with Crippen molar-refractivity contribution in [3.8, 4) is 0 Å². The number of aliphatic carboxylic acids is 1. The Bertz CT molecular complexity index is 1130. The molecule has 0 bridgehead atoms. The SMILES string of the molecule is CC(C)(C)OC(=O)N[C@@H]1CCCCC/C=C\[C@@H]2C[C@]2(C(=O)O)NC(=O)[C@@H]2C[C@H](N3NNC(C4CCCC(F)C4)N3)CN2C1=O. The Labute approximate surface area is 258 Å². The maximum absolute atomic E-state index is 14.2. The zero-order chi connectivity index (χ0) is 31.6. The van der Waals surface area contributed by atoms with Gasteiger partial charge < -0.3 is 25.4 Å². The summed E-state index contributed by atoms with van der Waals surface area (Å²) in [4.78, 5) is 54.6. The second-order valence-electron chi connectivity index (χ2n) is 14.0. The highest BCUT2D eigenvalue weighted by atomic mass is 19.1. The van der Waals surface area contributed by atoms with Gasteiger partial charge in [0.05, 0.1) is 12.2 Å². The van der Waals surface area contributed by atoms with E-state index in [1.165, 1.54) is 4.90 Å². The fourth-order valence-electron chi connectivity index (χ4n) is 6.96. The molecule has 0 radical (unpaired) electrons. The first-order chi connectivity index (χ1) is 20.9. The number of carboxylic acids is 1. The van der Waals surface area contributed by atoms with Gasteiger partial charge in [0.2, 0.25) is 11.8 Å². The molecule has 44 heavy (non-hydrogen) atoms. The third-order valence-corrected chi connectivity index (χ3v) is 9.43. The molecule has 8 atom stereocenters. The van der Waals surface area contributed by atoms with E-state index in [9.17, 15) is 28.7 Å². The van der Waals surface area contributed by atoms with Gasteiger partial charge in [-0.2, -0.15) is 10.7 Å². The van der Waals surface area contributed by atoms with Crippen LogP contribution in [-0.2, 0) is 19.1 Å². The molecule has 3 amide bonds. The molecular formula is C30H48FN7O6. The highest BCUT2D eigenvalue weighted by molar-refractivity contribution is 5.96. The van der Waals surface area contributed by atoms with Crippen LogP contribution in [0.3, 0.4) is 0 Å². The van der Waals surface area contributed by atoms with E-state index < -0.39 is 53.3 Å². The van der Waals surface area contributed by atoms with Crippen molar-refractivity contribution in [1.82, 2.24) is 37.0 Å². The van der Waals surface area contributed by atoms with Gasteiger partial charge in [0.15, 0.2) is 0 Å². The van der Waals surface area contributed by atoms with E-state index in [0.717, 1.165) is 32.1 Å². The first kappa shape index (κ1) is 32.6. The summed E-state index contributed by atoms with van der Waals surface area (Å²) < 4.78 is 19.6. The molecule has 3 heterocycles. The maximum atomic E-state index is 14.2. The molecule has 2 saturated heterocycles. The van der Waals surface area contributed by atoms with Crippen LogP contribution < -0.4 is 27.0 Å². The number of hydrogen-bond acceptors (Lipinski definition) is 9. The van der Waals surface area contributed by atoms with Gasteiger partial charge >= 0.3 is 12.1 Å². The number of carbonyl (C=O) groups is 4. The van der Waals surface area contributed by atoms with Crippen molar-refractivity contribution in [2.45, 2.75) is 133 Å². The van der Waals surface area contributed by atoms with Crippen molar-refractivity contribution < 1.29 is 33.4 Å². The first-order valence-corrected chi connectivity index (χ1v) is 16.1. The lowest BCUT2D eigenvalue weighted by molar-refractivity contribution is -0.145. The van der Waals surface area contributed by atoms with Crippen LogP contribution in [0.4, 0.5) is 9.18 Å². The predicted octanol–water partition coefficient (Wildman–Crippen LogP) is 2.01. The zero-order valence-corrected chi connectivity index (χ0v) is 25.9. The third kappa shape index (κ3) is 7.52. The number of nitrogens with one attached hydrogen (secondary N) is 5. The van der Waals surface area contributed by atoms with E-state index >= 15 is 0 Å². The fourth-order valence-corrected chi connectivity index (χ4v) is 6.96. The minimum atomic E-state index is -1.41. The summed E-state index contributed by atoms with van der Waals surface area (Å²) in [6, 6.07) is -2.25. The van der Waals surface area contributed by atoms with Crippen molar-refractivity contribution in [2.24, 2.45) is 11.8 Å². The Kier molecular flexibility index (Phi) is 9.83. The number of halogens is 1. The third-order valence-electron chi connectivity index (χ3n) is 9.43. The number of carboxylic acid groups (broad SMARTS) is 1. The zero-order valence-electron chi connectivity index (χ0n) is 25.9. The molecule has 0 spiro atoms. The Balaban J connectivity index is 1.37. The Morgan fingerprint density at radius 3 is 2.64 bits per heavy atom. The lowest BCUT2D eigenvalue weighted by Gasteiger charge is -2.30. The molecule has 2 saturated carbocycles. The van der Waals surface area contributed by atoms with Crippen LogP contribution in [0, 0.1) is 11.8 Å². The number of hydrazine groups is 3. The largest absolute Gasteiger partial charge is 0.479 e. The average Bonchev–Trinajstić information content (AvgIpc) is 3.27. The summed E-state index contributed by atoms with van der Waals surface area (Å²) >= 11 is 0. The predicted molar refractivity (Wildman–Crippen MR) is 158 cm³/mol. The molecule has 5 rings (SSSR count). The fraction of sp³-hybridized carbons (Fsp3) is 0.800. The van der Waals surface area contributed by atoms with Gasteiger partial charge in [-0.1, -0.05) is 31.4 Å². The van der Waals surface area contributed by atoms with E-state index in [2.05, 4.69) is 27.0 Å². The van der Waals surface area contributed by atoms with Crippen LogP contribution in [0.25, 0.3) is 0 Å². The summed E-state index contributed by atoms with van der Waals surface area (Å²) in [6.45, 7) is 5.38. The van der Waals surface area contributed by atoms with Gasteiger partial charge in [0.25, 0.3) is 0 Å². The summed E-state index contributed by atoms with van der Waals surface area (Å²) in [5.41, 5.74) is 7.47. The highest BCUT2D eigenvalue weighted by Crippen LogP contribution is 2.45. The second-order valence-corrected chi connectivity index (χ2v) is 14.0.